The SMILES string of the molecule is CCCC(C)(Oc1c(F)cc(F)cc1F)c1nc(-c2ccc(N)c(C(=N)Cl)c2)n[nH]1. The lowest BCUT2D eigenvalue weighted by Crippen LogP contribution is -2.31. The van der Waals surface area contributed by atoms with Crippen LogP contribution in [0.4, 0.5) is 18.9 Å². The van der Waals surface area contributed by atoms with Crippen LogP contribution in [0.3, 0.4) is 0 Å². The summed E-state index contributed by atoms with van der Waals surface area (Å²) in [4.78, 5) is 4.41. The summed E-state index contributed by atoms with van der Waals surface area (Å²) in [5, 5.41) is 14.3. The maximum Gasteiger partial charge on any atom is 0.192 e. The van der Waals surface area contributed by atoms with Crippen LogP contribution < -0.4 is 10.5 Å². The number of rotatable bonds is 7. The number of aromatic nitrogens is 3. The number of nitrogens with zero attached hydrogens (tertiary/aromatic N) is 2. The lowest BCUT2D eigenvalue weighted by Gasteiger charge is -2.28. The highest BCUT2D eigenvalue weighted by atomic mass is 35.5. The monoisotopic (exact) mass is 437 g/mol. The third-order valence-electron chi connectivity index (χ3n) is 4.55. The van der Waals surface area contributed by atoms with Crippen molar-refractivity contribution in [2.45, 2.75) is 32.3 Å². The number of hydrogen-bond donors (Lipinski definition) is 3. The van der Waals surface area contributed by atoms with E-state index < -0.39 is 28.8 Å². The summed E-state index contributed by atoms with van der Waals surface area (Å²) >= 11 is 5.75. The zero-order valence-electron chi connectivity index (χ0n) is 16.2. The number of H-pyrrole nitrogens is 1. The fourth-order valence-electron chi connectivity index (χ4n) is 3.06. The molecule has 6 nitrogen and oxygen atoms in total. The summed E-state index contributed by atoms with van der Waals surface area (Å²) in [7, 11) is 0. The Morgan fingerprint density at radius 3 is 2.50 bits per heavy atom. The first-order valence-electron chi connectivity index (χ1n) is 9.05. The summed E-state index contributed by atoms with van der Waals surface area (Å²) in [5.41, 5.74) is 5.73. The molecule has 1 heterocycles. The predicted octanol–water partition coefficient (Wildman–Crippen LogP) is 5.13. The molecular formula is C20H19ClF3N5O. The van der Waals surface area contributed by atoms with Crippen LogP contribution in [-0.4, -0.2) is 20.4 Å². The molecule has 0 aliphatic carbocycles. The Hall–Kier alpha value is -3.07. The number of aromatic amines is 1. The van der Waals surface area contributed by atoms with Gasteiger partial charge in [0, 0.05) is 28.9 Å². The van der Waals surface area contributed by atoms with Gasteiger partial charge in [0.2, 0.25) is 0 Å². The van der Waals surface area contributed by atoms with Gasteiger partial charge in [0.1, 0.15) is 11.0 Å². The summed E-state index contributed by atoms with van der Waals surface area (Å²) in [6, 6.07) is 5.89. The van der Waals surface area contributed by atoms with E-state index in [9.17, 15) is 13.2 Å². The molecule has 0 aliphatic heterocycles. The number of nitrogen functional groups attached to an aromatic ring is 1. The van der Waals surface area contributed by atoms with Gasteiger partial charge >= 0.3 is 0 Å². The van der Waals surface area contributed by atoms with Crippen molar-refractivity contribution in [2.24, 2.45) is 0 Å². The second-order valence-electron chi connectivity index (χ2n) is 6.91. The van der Waals surface area contributed by atoms with Crippen LogP contribution in [0.25, 0.3) is 11.4 Å². The zero-order chi connectivity index (χ0) is 22.1. The molecule has 158 valence electrons. The van der Waals surface area contributed by atoms with Gasteiger partial charge in [-0.25, -0.2) is 18.2 Å². The molecule has 3 rings (SSSR count). The first-order valence-corrected chi connectivity index (χ1v) is 9.43. The molecule has 0 spiro atoms. The van der Waals surface area contributed by atoms with Crippen molar-refractivity contribution < 1.29 is 17.9 Å². The molecule has 0 fully saturated rings. The van der Waals surface area contributed by atoms with Crippen LogP contribution in [0.15, 0.2) is 30.3 Å². The van der Waals surface area contributed by atoms with Gasteiger partial charge in [-0.05, 0) is 31.5 Å². The molecule has 1 unspecified atom stereocenters. The van der Waals surface area contributed by atoms with Gasteiger partial charge in [0.25, 0.3) is 0 Å². The molecule has 0 saturated heterocycles. The highest BCUT2D eigenvalue weighted by Crippen LogP contribution is 2.35. The number of benzene rings is 2. The van der Waals surface area contributed by atoms with E-state index in [2.05, 4.69) is 15.2 Å². The first-order chi connectivity index (χ1) is 14.1. The van der Waals surface area contributed by atoms with Crippen molar-refractivity contribution in [3.8, 4) is 17.1 Å². The van der Waals surface area contributed by atoms with Gasteiger partial charge in [-0.2, -0.15) is 5.10 Å². The molecule has 0 bridgehead atoms. The lowest BCUT2D eigenvalue weighted by molar-refractivity contribution is 0.0569. The third kappa shape index (κ3) is 4.25. The van der Waals surface area contributed by atoms with Crippen LogP contribution in [-0.2, 0) is 5.60 Å². The van der Waals surface area contributed by atoms with Crippen molar-refractivity contribution in [3.63, 3.8) is 0 Å². The number of hydrogen-bond acceptors (Lipinski definition) is 5. The van der Waals surface area contributed by atoms with E-state index in [1.807, 2.05) is 6.92 Å². The van der Waals surface area contributed by atoms with E-state index in [4.69, 9.17) is 27.5 Å². The van der Waals surface area contributed by atoms with Gasteiger partial charge in [-0.3, -0.25) is 10.5 Å². The quantitative estimate of drug-likeness (QED) is 0.352. The molecule has 1 aromatic heterocycles. The summed E-state index contributed by atoms with van der Waals surface area (Å²) in [6.45, 7) is 3.47. The maximum absolute atomic E-state index is 14.1. The second-order valence-corrected chi connectivity index (χ2v) is 7.28. The Morgan fingerprint density at radius 2 is 1.90 bits per heavy atom. The summed E-state index contributed by atoms with van der Waals surface area (Å²) in [6.07, 6.45) is 0.948. The third-order valence-corrected chi connectivity index (χ3v) is 4.76. The van der Waals surface area contributed by atoms with Gasteiger partial charge in [0.05, 0.1) is 0 Å². The van der Waals surface area contributed by atoms with Crippen molar-refractivity contribution >= 4 is 22.5 Å². The summed E-state index contributed by atoms with van der Waals surface area (Å²) in [5.74, 6) is -3.56. The highest BCUT2D eigenvalue weighted by Gasteiger charge is 2.34. The minimum Gasteiger partial charge on any atom is -0.473 e. The first kappa shape index (κ1) is 21.6. The van der Waals surface area contributed by atoms with E-state index in [0.717, 1.165) is 0 Å². The molecule has 0 amide bonds. The fourth-order valence-corrected chi connectivity index (χ4v) is 3.22. The second kappa shape index (κ2) is 8.35. The zero-order valence-corrected chi connectivity index (χ0v) is 16.9. The largest absolute Gasteiger partial charge is 0.473 e. The lowest BCUT2D eigenvalue weighted by atomic mass is 9.99. The average Bonchev–Trinajstić information content (AvgIpc) is 3.16. The molecule has 3 aromatic rings. The van der Waals surface area contributed by atoms with Crippen molar-refractivity contribution in [1.29, 1.82) is 5.41 Å². The number of halogens is 4. The van der Waals surface area contributed by atoms with Gasteiger partial charge in [-0.1, -0.05) is 24.9 Å². The van der Waals surface area contributed by atoms with Crippen LogP contribution in [0.2, 0.25) is 0 Å². The molecule has 0 radical (unpaired) electrons. The number of nitrogens with one attached hydrogen (secondary N) is 2. The number of ether oxygens (including phenoxy) is 1. The van der Waals surface area contributed by atoms with E-state index in [-0.39, 0.29) is 16.8 Å². The average molecular weight is 438 g/mol. The van der Waals surface area contributed by atoms with Crippen LogP contribution in [0, 0.1) is 22.9 Å². The van der Waals surface area contributed by atoms with Crippen LogP contribution in [0.5, 0.6) is 5.75 Å². The minimum atomic E-state index is -1.27. The molecule has 4 N–H and O–H groups in total. The number of anilines is 1. The Labute approximate surface area is 175 Å². The molecule has 30 heavy (non-hydrogen) atoms. The number of nitrogens with two attached hydrogens (primary N) is 1. The molecule has 1 atom stereocenters. The molecule has 10 heteroatoms. The maximum atomic E-state index is 14.1. The Bertz CT molecular complexity index is 1080. The molecule has 0 saturated carbocycles. The highest BCUT2D eigenvalue weighted by molar-refractivity contribution is 6.69. The van der Waals surface area contributed by atoms with Crippen molar-refractivity contribution in [1.82, 2.24) is 15.2 Å². The van der Waals surface area contributed by atoms with Gasteiger partial charge < -0.3 is 10.5 Å². The Balaban J connectivity index is 2.00. The van der Waals surface area contributed by atoms with Crippen molar-refractivity contribution in [3.05, 3.63) is 59.2 Å². The Kier molecular flexibility index (Phi) is 6.02. The predicted molar refractivity (Wildman–Crippen MR) is 108 cm³/mol. The van der Waals surface area contributed by atoms with Crippen LogP contribution >= 0.6 is 11.6 Å². The normalized spacial score (nSPS) is 13.1. The molecular weight excluding hydrogens is 419 g/mol. The standard InChI is InChI=1S/C20H19ClF3N5O/c1-3-6-20(2,30-16-13(23)8-11(22)9-14(16)24)19-27-18(28-29-19)10-4-5-15(25)12(7-10)17(21)26/h4-5,7-9,26H,3,6,25H2,1-2H3,(H,27,28,29). The van der Waals surface area contributed by atoms with E-state index in [1.165, 1.54) is 0 Å². The topological polar surface area (TPSA) is 101 Å². The van der Waals surface area contributed by atoms with Gasteiger partial charge in [0.15, 0.2) is 34.6 Å². The van der Waals surface area contributed by atoms with E-state index in [1.54, 1.807) is 25.1 Å². The van der Waals surface area contributed by atoms with Crippen LogP contribution in [0.1, 0.15) is 38.1 Å². The van der Waals surface area contributed by atoms with E-state index in [0.29, 0.717) is 41.8 Å². The van der Waals surface area contributed by atoms with Crippen molar-refractivity contribution in [2.75, 3.05) is 5.73 Å². The van der Waals surface area contributed by atoms with Gasteiger partial charge in [-0.15, -0.1) is 0 Å². The minimum absolute atomic E-state index is 0.224. The molecule has 0 aliphatic rings. The summed E-state index contributed by atoms with van der Waals surface area (Å²) < 4.78 is 47.1. The smallest absolute Gasteiger partial charge is 0.192 e. The fraction of sp³-hybridized carbons (Fsp3) is 0.250. The Morgan fingerprint density at radius 1 is 1.23 bits per heavy atom. The van der Waals surface area contributed by atoms with E-state index >= 15 is 0 Å². The molecule has 2 aromatic carbocycles.